The van der Waals surface area contributed by atoms with Crippen molar-refractivity contribution in [3.8, 4) is 0 Å². The first-order valence-electron chi connectivity index (χ1n) is 8.23. The van der Waals surface area contributed by atoms with E-state index in [9.17, 15) is 4.79 Å². The largest absolute Gasteiger partial charge is 0.332 e. The van der Waals surface area contributed by atoms with Crippen LogP contribution in [-0.4, -0.2) is 12.5 Å². The molecule has 0 radical (unpaired) electrons. The zero-order valence-electron chi connectivity index (χ0n) is 14.5. The van der Waals surface area contributed by atoms with E-state index in [0.29, 0.717) is 18.5 Å². The molecule has 0 aliphatic rings. The number of hydrogen-bond donors (Lipinski definition) is 2. The van der Waals surface area contributed by atoms with Gasteiger partial charge in [-0.25, -0.2) is 0 Å². The summed E-state index contributed by atoms with van der Waals surface area (Å²) in [6, 6.07) is 16.7. The van der Waals surface area contributed by atoms with Gasteiger partial charge in [-0.15, -0.1) is 0 Å². The summed E-state index contributed by atoms with van der Waals surface area (Å²) in [7, 11) is 0. The molecule has 0 fully saturated rings. The smallest absolute Gasteiger partial charge is 0.279 e. The van der Waals surface area contributed by atoms with E-state index in [1.807, 2.05) is 25.1 Å². The number of benzene rings is 2. The maximum absolute atomic E-state index is 12.3. The fraction of sp³-hybridized carbons (Fsp3) is 0.350. The third-order valence-corrected chi connectivity index (χ3v) is 4.34. The molecule has 2 aromatic rings. The molecular formula is C20H27N2O+. The molecule has 0 bridgehead atoms. The van der Waals surface area contributed by atoms with Crippen LogP contribution in [-0.2, 0) is 4.79 Å². The molecule has 2 rings (SSSR count). The Balaban J connectivity index is 1.98. The van der Waals surface area contributed by atoms with E-state index in [4.69, 9.17) is 0 Å². The first-order valence-corrected chi connectivity index (χ1v) is 8.23. The van der Waals surface area contributed by atoms with Gasteiger partial charge in [0.25, 0.3) is 5.91 Å². The molecule has 0 spiro atoms. The lowest BCUT2D eigenvalue weighted by Gasteiger charge is -2.19. The van der Waals surface area contributed by atoms with Crippen LogP contribution in [0.5, 0.6) is 0 Å². The van der Waals surface area contributed by atoms with Gasteiger partial charge in [-0.1, -0.05) is 56.3 Å². The summed E-state index contributed by atoms with van der Waals surface area (Å²) in [5, 5.41) is 5.15. The zero-order valence-corrected chi connectivity index (χ0v) is 14.5. The number of carbonyl (C=O) groups is 1. The summed E-state index contributed by atoms with van der Waals surface area (Å²) in [4.78, 5) is 12.3. The number of hydrogen-bond acceptors (Lipinski definition) is 1. The van der Waals surface area contributed by atoms with Crippen molar-refractivity contribution in [3.05, 3.63) is 65.2 Å². The lowest BCUT2D eigenvalue weighted by atomic mass is 9.96. The van der Waals surface area contributed by atoms with Gasteiger partial charge in [-0.3, -0.25) is 4.79 Å². The Bertz CT molecular complexity index is 650. The Kier molecular flexibility index (Phi) is 5.94. The third-order valence-electron chi connectivity index (χ3n) is 4.34. The minimum Gasteiger partial charge on any atom is -0.332 e. The van der Waals surface area contributed by atoms with Crippen LogP contribution < -0.4 is 10.6 Å². The SMILES string of the molecule is Cc1cccc(NC(=O)C[NH2+][C@H](c2ccccc2)C(C)C)c1C. The zero-order chi connectivity index (χ0) is 16.8. The lowest BCUT2D eigenvalue weighted by Crippen LogP contribution is -2.88. The van der Waals surface area contributed by atoms with Gasteiger partial charge in [0.05, 0.1) is 0 Å². The number of carbonyl (C=O) groups excluding carboxylic acids is 1. The van der Waals surface area contributed by atoms with Gasteiger partial charge < -0.3 is 10.6 Å². The van der Waals surface area contributed by atoms with E-state index in [-0.39, 0.29) is 5.91 Å². The topological polar surface area (TPSA) is 45.7 Å². The number of quaternary nitrogens is 1. The van der Waals surface area contributed by atoms with Gasteiger partial charge in [-0.2, -0.15) is 0 Å². The van der Waals surface area contributed by atoms with Crippen molar-refractivity contribution in [1.29, 1.82) is 0 Å². The lowest BCUT2D eigenvalue weighted by molar-refractivity contribution is -0.692. The van der Waals surface area contributed by atoms with Crippen LogP contribution in [0.2, 0.25) is 0 Å². The monoisotopic (exact) mass is 311 g/mol. The van der Waals surface area contributed by atoms with Crippen molar-refractivity contribution >= 4 is 11.6 Å². The predicted octanol–water partition coefficient (Wildman–Crippen LogP) is 3.20. The summed E-state index contributed by atoms with van der Waals surface area (Å²) in [6.45, 7) is 8.90. The Labute approximate surface area is 139 Å². The fourth-order valence-electron chi connectivity index (χ4n) is 2.79. The van der Waals surface area contributed by atoms with Crippen LogP contribution in [0.25, 0.3) is 0 Å². The van der Waals surface area contributed by atoms with Crippen LogP contribution in [0.3, 0.4) is 0 Å². The molecule has 0 unspecified atom stereocenters. The first kappa shape index (κ1) is 17.2. The highest BCUT2D eigenvalue weighted by Crippen LogP contribution is 2.18. The second-order valence-corrected chi connectivity index (χ2v) is 6.42. The predicted molar refractivity (Wildman–Crippen MR) is 95.4 cm³/mol. The van der Waals surface area contributed by atoms with Crippen LogP contribution >= 0.6 is 0 Å². The molecule has 3 heteroatoms. The van der Waals surface area contributed by atoms with Crippen molar-refractivity contribution in [2.45, 2.75) is 33.7 Å². The average molecular weight is 311 g/mol. The standard InChI is InChI=1S/C20H26N2O/c1-14(2)20(17-10-6-5-7-11-17)21-13-19(23)22-18-12-8-9-15(3)16(18)4/h5-12,14,20-21H,13H2,1-4H3,(H,22,23)/p+1/t20-/m0/s1. The van der Waals surface area contributed by atoms with Crippen LogP contribution in [0.4, 0.5) is 5.69 Å². The number of aryl methyl sites for hydroxylation is 1. The summed E-state index contributed by atoms with van der Waals surface area (Å²) in [5.41, 5.74) is 4.49. The molecule has 3 nitrogen and oxygen atoms in total. The summed E-state index contributed by atoms with van der Waals surface area (Å²) in [5.74, 6) is 0.506. The number of amides is 1. The number of nitrogens with two attached hydrogens (primary N) is 1. The maximum Gasteiger partial charge on any atom is 0.279 e. The van der Waals surface area contributed by atoms with Crippen molar-refractivity contribution in [1.82, 2.24) is 0 Å². The molecule has 0 aromatic heterocycles. The Morgan fingerprint density at radius 2 is 1.74 bits per heavy atom. The van der Waals surface area contributed by atoms with Crippen LogP contribution in [0.15, 0.2) is 48.5 Å². The minimum absolute atomic E-state index is 0.0419. The molecule has 23 heavy (non-hydrogen) atoms. The Morgan fingerprint density at radius 3 is 2.39 bits per heavy atom. The Morgan fingerprint density at radius 1 is 1.04 bits per heavy atom. The average Bonchev–Trinajstić information content (AvgIpc) is 2.53. The quantitative estimate of drug-likeness (QED) is 0.845. The molecule has 0 aliphatic carbocycles. The van der Waals surface area contributed by atoms with Crippen molar-refractivity contribution in [2.24, 2.45) is 5.92 Å². The molecule has 1 atom stereocenters. The van der Waals surface area contributed by atoms with Gasteiger partial charge in [0.15, 0.2) is 6.54 Å². The number of rotatable bonds is 6. The molecule has 1 amide bonds. The molecule has 122 valence electrons. The van der Waals surface area contributed by atoms with Crippen LogP contribution in [0.1, 0.15) is 36.6 Å². The van der Waals surface area contributed by atoms with Crippen LogP contribution in [0, 0.1) is 19.8 Å². The van der Waals surface area contributed by atoms with Crippen molar-refractivity contribution in [2.75, 3.05) is 11.9 Å². The Hall–Kier alpha value is -2.13. The second-order valence-electron chi connectivity index (χ2n) is 6.42. The minimum atomic E-state index is 0.0419. The number of nitrogens with one attached hydrogen (secondary N) is 1. The summed E-state index contributed by atoms with van der Waals surface area (Å²) in [6.07, 6.45) is 0. The highest BCUT2D eigenvalue weighted by atomic mass is 16.1. The van der Waals surface area contributed by atoms with E-state index in [1.165, 1.54) is 11.1 Å². The maximum atomic E-state index is 12.3. The first-order chi connectivity index (χ1) is 11.0. The van der Waals surface area contributed by atoms with E-state index in [0.717, 1.165) is 11.3 Å². The second kappa shape index (κ2) is 7.93. The normalized spacial score (nSPS) is 12.2. The number of anilines is 1. The molecule has 3 N–H and O–H groups in total. The van der Waals surface area contributed by atoms with E-state index >= 15 is 0 Å². The molecule has 0 aliphatic heterocycles. The van der Waals surface area contributed by atoms with E-state index < -0.39 is 0 Å². The summed E-state index contributed by atoms with van der Waals surface area (Å²) < 4.78 is 0. The third kappa shape index (κ3) is 4.67. The van der Waals surface area contributed by atoms with Gasteiger partial charge in [0.1, 0.15) is 6.04 Å². The van der Waals surface area contributed by atoms with Crippen molar-refractivity contribution in [3.63, 3.8) is 0 Å². The van der Waals surface area contributed by atoms with E-state index in [1.54, 1.807) is 0 Å². The highest BCUT2D eigenvalue weighted by Gasteiger charge is 2.20. The molecular weight excluding hydrogens is 284 g/mol. The van der Waals surface area contributed by atoms with Gasteiger partial charge in [0, 0.05) is 17.2 Å². The fourth-order valence-corrected chi connectivity index (χ4v) is 2.79. The van der Waals surface area contributed by atoms with E-state index in [2.05, 4.69) is 61.7 Å². The van der Waals surface area contributed by atoms with Gasteiger partial charge in [0.2, 0.25) is 0 Å². The van der Waals surface area contributed by atoms with Crippen molar-refractivity contribution < 1.29 is 10.1 Å². The highest BCUT2D eigenvalue weighted by molar-refractivity contribution is 5.92. The molecule has 0 saturated heterocycles. The van der Waals surface area contributed by atoms with Gasteiger partial charge >= 0.3 is 0 Å². The molecule has 2 aromatic carbocycles. The molecule has 0 saturated carbocycles. The molecule has 0 heterocycles. The summed E-state index contributed by atoms with van der Waals surface area (Å²) >= 11 is 0. The van der Waals surface area contributed by atoms with Gasteiger partial charge in [-0.05, 0) is 31.0 Å².